The summed E-state index contributed by atoms with van der Waals surface area (Å²) in [6.45, 7) is 7.95. The van der Waals surface area contributed by atoms with E-state index < -0.39 is 10.0 Å². The van der Waals surface area contributed by atoms with Crippen molar-refractivity contribution in [2.45, 2.75) is 44.0 Å². The first-order valence-corrected chi connectivity index (χ1v) is 10.6. The van der Waals surface area contributed by atoms with E-state index in [9.17, 15) is 8.42 Å². The monoisotopic (exact) mass is 368 g/mol. The Hall–Kier alpha value is -1.31. The minimum absolute atomic E-state index is 0.183. The third-order valence-electron chi connectivity index (χ3n) is 5.04. The molecule has 6 nitrogen and oxygen atoms in total. The molecule has 1 aromatic carbocycles. The lowest BCUT2D eigenvalue weighted by atomic mass is 9.98. The Labute approximate surface area is 150 Å². The molecule has 2 heterocycles. The van der Waals surface area contributed by atoms with E-state index in [1.807, 2.05) is 0 Å². The number of fused-ring (bicyclic) bond motifs is 1. The normalized spacial score (nSPS) is 20.9. The van der Waals surface area contributed by atoms with Crippen molar-refractivity contribution in [1.29, 1.82) is 0 Å². The molecule has 1 saturated heterocycles. The molecule has 1 aromatic rings. The number of hydrogen-bond donors (Lipinski definition) is 1. The molecule has 0 aromatic heterocycles. The summed E-state index contributed by atoms with van der Waals surface area (Å²) in [6.07, 6.45) is 3.15. The van der Waals surface area contributed by atoms with Crippen molar-refractivity contribution < 1.29 is 17.9 Å². The van der Waals surface area contributed by atoms with Gasteiger partial charge >= 0.3 is 0 Å². The van der Waals surface area contributed by atoms with Crippen LogP contribution in [-0.4, -0.2) is 52.2 Å². The van der Waals surface area contributed by atoms with Crippen molar-refractivity contribution in [2.75, 3.05) is 32.8 Å². The van der Waals surface area contributed by atoms with Crippen LogP contribution >= 0.6 is 0 Å². The maximum Gasteiger partial charge on any atom is 0.240 e. The van der Waals surface area contributed by atoms with E-state index in [1.54, 1.807) is 18.2 Å². The lowest BCUT2D eigenvalue weighted by Gasteiger charge is -2.34. The van der Waals surface area contributed by atoms with Gasteiger partial charge in [0.2, 0.25) is 10.0 Å². The number of likely N-dealkylation sites (tertiary alicyclic amines) is 1. The first kappa shape index (κ1) is 18.5. The largest absolute Gasteiger partial charge is 0.490 e. The Morgan fingerprint density at radius 2 is 1.88 bits per heavy atom. The van der Waals surface area contributed by atoms with E-state index in [2.05, 4.69) is 23.5 Å². The third-order valence-corrected chi connectivity index (χ3v) is 6.46. The average Bonchev–Trinajstić information content (AvgIpc) is 2.85. The molecule has 0 saturated carbocycles. The van der Waals surface area contributed by atoms with Crippen LogP contribution in [0.4, 0.5) is 0 Å². The van der Waals surface area contributed by atoms with Crippen LogP contribution in [0.1, 0.15) is 33.1 Å². The van der Waals surface area contributed by atoms with E-state index in [0.717, 1.165) is 25.4 Å². The molecular formula is C18H28N2O4S. The fourth-order valence-electron chi connectivity index (χ4n) is 3.22. The molecule has 1 atom stereocenters. The third kappa shape index (κ3) is 4.65. The first-order chi connectivity index (χ1) is 12.0. The van der Waals surface area contributed by atoms with Crippen molar-refractivity contribution in [3.63, 3.8) is 0 Å². The van der Waals surface area contributed by atoms with Crippen LogP contribution in [0, 0.1) is 5.92 Å². The van der Waals surface area contributed by atoms with Crippen molar-refractivity contribution in [1.82, 2.24) is 9.62 Å². The molecular weight excluding hydrogens is 340 g/mol. The van der Waals surface area contributed by atoms with Gasteiger partial charge < -0.3 is 9.47 Å². The second-order valence-electron chi connectivity index (χ2n) is 7.08. The Balaban J connectivity index is 1.62. The second-order valence-corrected chi connectivity index (χ2v) is 8.85. The number of nitrogens with zero attached hydrogens (tertiary/aromatic N) is 1. The van der Waals surface area contributed by atoms with Crippen LogP contribution in [0.25, 0.3) is 0 Å². The highest BCUT2D eigenvalue weighted by atomic mass is 32.2. The molecule has 2 aliphatic heterocycles. The molecule has 0 radical (unpaired) electrons. The summed E-state index contributed by atoms with van der Waals surface area (Å²) in [4.78, 5) is 2.58. The Morgan fingerprint density at radius 1 is 1.20 bits per heavy atom. The molecule has 0 spiro atoms. The topological polar surface area (TPSA) is 67.9 Å². The van der Waals surface area contributed by atoms with Crippen LogP contribution in [-0.2, 0) is 10.0 Å². The fraction of sp³-hybridized carbons (Fsp3) is 0.667. The summed E-state index contributed by atoms with van der Waals surface area (Å²) in [7, 11) is -3.56. The van der Waals surface area contributed by atoms with Gasteiger partial charge in [-0.2, -0.15) is 0 Å². The zero-order valence-corrected chi connectivity index (χ0v) is 15.8. The number of piperidine rings is 1. The molecule has 0 aliphatic carbocycles. The molecule has 0 bridgehead atoms. The summed E-state index contributed by atoms with van der Waals surface area (Å²) in [5.74, 6) is 1.87. The van der Waals surface area contributed by atoms with Crippen molar-refractivity contribution in [3.05, 3.63) is 18.2 Å². The highest BCUT2D eigenvalue weighted by Gasteiger charge is 2.23. The lowest BCUT2D eigenvalue weighted by molar-refractivity contribution is 0.148. The molecule has 1 fully saturated rings. The minimum Gasteiger partial charge on any atom is -0.490 e. The van der Waals surface area contributed by atoms with E-state index in [1.165, 1.54) is 12.8 Å². The van der Waals surface area contributed by atoms with Crippen LogP contribution < -0.4 is 14.2 Å². The van der Waals surface area contributed by atoms with E-state index in [0.29, 0.717) is 31.3 Å². The van der Waals surface area contributed by atoms with Gasteiger partial charge in [0, 0.05) is 25.1 Å². The van der Waals surface area contributed by atoms with Gasteiger partial charge in [-0.15, -0.1) is 0 Å². The predicted octanol–water partition coefficient (Wildman–Crippen LogP) is 2.25. The summed E-state index contributed by atoms with van der Waals surface area (Å²) in [5.41, 5.74) is 0. The lowest BCUT2D eigenvalue weighted by Crippen LogP contribution is -2.45. The highest BCUT2D eigenvalue weighted by molar-refractivity contribution is 7.89. The van der Waals surface area contributed by atoms with E-state index in [-0.39, 0.29) is 10.9 Å². The molecule has 1 unspecified atom stereocenters. The smallest absolute Gasteiger partial charge is 0.240 e. The predicted molar refractivity (Wildman–Crippen MR) is 96.7 cm³/mol. The quantitative estimate of drug-likeness (QED) is 0.863. The summed E-state index contributed by atoms with van der Waals surface area (Å²) >= 11 is 0. The number of benzene rings is 1. The second kappa shape index (κ2) is 7.93. The average molecular weight is 368 g/mol. The van der Waals surface area contributed by atoms with Gasteiger partial charge in [-0.25, -0.2) is 13.1 Å². The maximum absolute atomic E-state index is 12.6. The molecule has 3 rings (SSSR count). The van der Waals surface area contributed by atoms with E-state index in [4.69, 9.17) is 9.47 Å². The number of nitrogens with one attached hydrogen (secondary N) is 1. The maximum atomic E-state index is 12.6. The number of ether oxygens (including phenoxy) is 2. The van der Waals surface area contributed by atoms with Gasteiger partial charge in [-0.1, -0.05) is 6.92 Å². The van der Waals surface area contributed by atoms with Gasteiger partial charge in [0.1, 0.15) is 0 Å². The zero-order chi connectivity index (χ0) is 17.9. The molecule has 140 valence electrons. The number of sulfonamides is 1. The van der Waals surface area contributed by atoms with Crippen LogP contribution in [0.15, 0.2) is 23.1 Å². The van der Waals surface area contributed by atoms with Crippen molar-refractivity contribution in [3.8, 4) is 11.5 Å². The molecule has 7 heteroatoms. The highest BCUT2D eigenvalue weighted by Crippen LogP contribution is 2.31. The Morgan fingerprint density at radius 3 is 2.60 bits per heavy atom. The molecule has 25 heavy (non-hydrogen) atoms. The zero-order valence-electron chi connectivity index (χ0n) is 15.0. The molecule has 0 amide bonds. The Kier molecular flexibility index (Phi) is 5.86. The van der Waals surface area contributed by atoms with Gasteiger partial charge in [-0.05, 0) is 50.9 Å². The summed E-state index contributed by atoms with van der Waals surface area (Å²) in [6, 6.07) is 4.98. The van der Waals surface area contributed by atoms with Gasteiger partial charge in [-0.3, -0.25) is 4.90 Å². The van der Waals surface area contributed by atoms with Crippen LogP contribution in [0.2, 0.25) is 0 Å². The fourth-order valence-corrected chi connectivity index (χ4v) is 4.36. The van der Waals surface area contributed by atoms with Crippen LogP contribution in [0.3, 0.4) is 0 Å². The first-order valence-electron chi connectivity index (χ1n) is 9.09. The molecule has 1 N–H and O–H groups in total. The summed E-state index contributed by atoms with van der Waals surface area (Å²) < 4.78 is 39.1. The summed E-state index contributed by atoms with van der Waals surface area (Å²) in [5, 5.41) is 0. The van der Waals surface area contributed by atoms with Crippen molar-refractivity contribution >= 4 is 10.0 Å². The standard InChI is InChI=1S/C18H28N2O4S/c1-14-6-8-20(9-7-14)15(2)13-19-25(21,22)16-4-5-17-18(12-16)24-11-3-10-23-17/h4-5,12,14-15,19H,3,6-11,13H2,1-2H3. The van der Waals surface area contributed by atoms with E-state index >= 15 is 0 Å². The van der Waals surface area contributed by atoms with Gasteiger partial charge in [0.15, 0.2) is 11.5 Å². The minimum atomic E-state index is -3.56. The Bertz CT molecular complexity index is 684. The SMILES string of the molecule is CC1CCN(C(C)CNS(=O)(=O)c2ccc3c(c2)OCCCO3)CC1. The van der Waals surface area contributed by atoms with Gasteiger partial charge in [0.05, 0.1) is 18.1 Å². The van der Waals surface area contributed by atoms with Crippen LogP contribution in [0.5, 0.6) is 11.5 Å². The molecule has 2 aliphatic rings. The number of rotatable bonds is 5. The van der Waals surface area contributed by atoms with Gasteiger partial charge in [0.25, 0.3) is 0 Å². The van der Waals surface area contributed by atoms with Crippen molar-refractivity contribution in [2.24, 2.45) is 5.92 Å². The number of hydrogen-bond acceptors (Lipinski definition) is 5.